The molecule has 1 saturated heterocycles. The highest BCUT2D eigenvalue weighted by molar-refractivity contribution is 6.27. The van der Waals surface area contributed by atoms with Crippen LogP contribution in [0.15, 0.2) is 35.6 Å². The van der Waals surface area contributed by atoms with E-state index in [2.05, 4.69) is 24.5 Å². The quantitative estimate of drug-likeness (QED) is 0.401. The lowest BCUT2D eigenvalue weighted by Gasteiger charge is -2.40. The molecule has 2 bridgehead atoms. The minimum atomic E-state index is -1.20. The van der Waals surface area contributed by atoms with Gasteiger partial charge in [0.15, 0.2) is 5.78 Å². The third-order valence-electron chi connectivity index (χ3n) is 9.99. The first-order chi connectivity index (χ1) is 17.7. The molecule has 5 rings (SSSR count). The summed E-state index contributed by atoms with van der Waals surface area (Å²) in [5.74, 6) is 0.507. The van der Waals surface area contributed by atoms with Crippen LogP contribution in [0.1, 0.15) is 52.4 Å². The fourth-order valence-electron chi connectivity index (χ4n) is 8.25. The van der Waals surface area contributed by atoms with E-state index < -0.39 is 29.6 Å². The van der Waals surface area contributed by atoms with Crippen molar-refractivity contribution in [2.24, 2.45) is 47.3 Å². The number of rotatable bonds is 1. The Labute approximate surface area is 217 Å². The topological polar surface area (TPSA) is 133 Å². The normalized spacial score (nSPS) is 42.4. The maximum Gasteiger partial charge on any atom is 0.259 e. The number of nitrogens with one attached hydrogen (secondary N) is 2. The van der Waals surface area contributed by atoms with Crippen molar-refractivity contribution in [1.82, 2.24) is 10.6 Å². The zero-order valence-electron chi connectivity index (χ0n) is 21.6. The molecule has 2 unspecified atom stereocenters. The summed E-state index contributed by atoms with van der Waals surface area (Å²) in [6, 6.07) is -1.17. The Morgan fingerprint density at radius 1 is 1.08 bits per heavy atom. The van der Waals surface area contributed by atoms with E-state index in [9.17, 15) is 29.4 Å². The number of ketones is 2. The number of aliphatic hydroxyl groups excluding tert-OH is 2. The number of amides is 2. The van der Waals surface area contributed by atoms with Crippen molar-refractivity contribution in [2.75, 3.05) is 6.54 Å². The van der Waals surface area contributed by atoms with Crippen LogP contribution >= 0.6 is 0 Å². The van der Waals surface area contributed by atoms with Crippen molar-refractivity contribution in [1.29, 1.82) is 0 Å². The molecule has 3 saturated carbocycles. The van der Waals surface area contributed by atoms with Gasteiger partial charge >= 0.3 is 0 Å². The molecule has 3 aliphatic carbocycles. The lowest BCUT2D eigenvalue weighted by Crippen LogP contribution is -2.42. The highest BCUT2D eigenvalue weighted by atomic mass is 16.3. The van der Waals surface area contributed by atoms with Gasteiger partial charge in [0.1, 0.15) is 23.2 Å². The number of aliphatic hydroxyl groups is 2. The van der Waals surface area contributed by atoms with Crippen LogP contribution in [0.5, 0.6) is 0 Å². The number of allylic oxidation sites excluding steroid dienone is 3. The standard InChI is InChI=1S/C29H38N2O6/c1-3-15-11-17-12-19-18-5-4-6-23(35)30-10-9-21(33)27-28(36)26(29(37)31-27)20(32)8-7-16(18)13-22(34)25(19)24(17)14(15)2/h4,6-8,14-19,21,24-25,27,32-33H,3,5,9-13H2,1-2H3,(H,30,35)(H,31,37)/t14-,15-,16-,17+,18+,19+,21?,24+,25+,27?/m0/s1. The lowest BCUT2D eigenvalue weighted by molar-refractivity contribution is -0.131. The summed E-state index contributed by atoms with van der Waals surface area (Å²) in [7, 11) is 0. The van der Waals surface area contributed by atoms with Gasteiger partial charge in [0.05, 0.1) is 6.10 Å². The summed E-state index contributed by atoms with van der Waals surface area (Å²) in [6.45, 7) is 4.68. The van der Waals surface area contributed by atoms with Gasteiger partial charge in [-0.25, -0.2) is 0 Å². The highest BCUT2D eigenvalue weighted by Crippen LogP contribution is 2.61. The summed E-state index contributed by atoms with van der Waals surface area (Å²) in [4.78, 5) is 51.2. The first-order valence-corrected chi connectivity index (χ1v) is 13.8. The maximum atomic E-state index is 13.5. The lowest BCUT2D eigenvalue weighted by atomic mass is 9.63. The number of Topliss-reactive ketones (excluding diaryl/α,β-unsaturated/α-hetero) is 2. The van der Waals surface area contributed by atoms with Gasteiger partial charge in [-0.3, -0.25) is 19.2 Å². The minimum absolute atomic E-state index is 0.0374. The molecule has 10 atom stereocenters. The molecule has 200 valence electrons. The van der Waals surface area contributed by atoms with Crippen LogP contribution < -0.4 is 10.6 Å². The number of hydrogen-bond acceptors (Lipinski definition) is 6. The van der Waals surface area contributed by atoms with E-state index in [1.807, 2.05) is 6.08 Å². The third-order valence-corrected chi connectivity index (χ3v) is 9.99. The molecule has 4 N–H and O–H groups in total. The largest absolute Gasteiger partial charge is 0.507 e. The molecule has 0 aromatic carbocycles. The monoisotopic (exact) mass is 510 g/mol. The molecule has 4 fully saturated rings. The molecule has 0 aromatic heterocycles. The summed E-state index contributed by atoms with van der Waals surface area (Å²) in [5.41, 5.74) is -0.372. The Morgan fingerprint density at radius 3 is 2.62 bits per heavy atom. The average Bonchev–Trinajstić information content (AvgIpc) is 3.48. The van der Waals surface area contributed by atoms with E-state index >= 15 is 0 Å². The fourth-order valence-corrected chi connectivity index (χ4v) is 8.25. The van der Waals surface area contributed by atoms with Crippen LogP contribution in [0, 0.1) is 47.3 Å². The number of fused-ring (bicyclic) bond motifs is 7. The van der Waals surface area contributed by atoms with Gasteiger partial charge in [0.25, 0.3) is 5.91 Å². The van der Waals surface area contributed by atoms with Crippen LogP contribution in [-0.2, 0) is 19.2 Å². The van der Waals surface area contributed by atoms with Crippen molar-refractivity contribution in [2.45, 2.75) is 64.5 Å². The molecule has 2 amide bonds. The Kier molecular flexibility index (Phi) is 7.14. The van der Waals surface area contributed by atoms with Gasteiger partial charge in [0.2, 0.25) is 5.91 Å². The zero-order valence-corrected chi connectivity index (χ0v) is 21.6. The van der Waals surface area contributed by atoms with E-state index in [0.29, 0.717) is 36.5 Å². The number of carbonyl (C=O) groups excluding carboxylic acids is 4. The molecule has 8 nitrogen and oxygen atoms in total. The Balaban J connectivity index is 1.47. The second-order valence-electron chi connectivity index (χ2n) is 11.7. The molecule has 0 aromatic rings. The molecule has 8 heteroatoms. The Hall–Kier alpha value is -2.74. The van der Waals surface area contributed by atoms with E-state index in [-0.39, 0.29) is 53.9 Å². The van der Waals surface area contributed by atoms with Gasteiger partial charge in [-0.2, -0.15) is 0 Å². The van der Waals surface area contributed by atoms with E-state index in [1.54, 1.807) is 6.08 Å². The second-order valence-corrected chi connectivity index (χ2v) is 11.7. The second kappa shape index (κ2) is 10.2. The fraction of sp³-hybridized carbons (Fsp3) is 0.655. The van der Waals surface area contributed by atoms with Crippen LogP contribution in [0.4, 0.5) is 0 Å². The summed E-state index contributed by atoms with van der Waals surface area (Å²) in [6.07, 6.45) is 9.70. The Bertz CT molecular complexity index is 1080. The molecular formula is C29H38N2O6. The molecular weight excluding hydrogens is 472 g/mol. The number of carbonyl (C=O) groups is 4. The highest BCUT2D eigenvalue weighted by Gasteiger charge is 2.58. The van der Waals surface area contributed by atoms with E-state index in [4.69, 9.17) is 0 Å². The van der Waals surface area contributed by atoms with Gasteiger partial charge in [-0.1, -0.05) is 32.4 Å². The van der Waals surface area contributed by atoms with E-state index in [1.165, 1.54) is 18.6 Å². The van der Waals surface area contributed by atoms with Gasteiger partial charge < -0.3 is 20.8 Å². The molecule has 0 spiro atoms. The van der Waals surface area contributed by atoms with Crippen molar-refractivity contribution in [3.63, 3.8) is 0 Å². The zero-order chi connectivity index (χ0) is 26.4. The first kappa shape index (κ1) is 25.9. The summed E-state index contributed by atoms with van der Waals surface area (Å²) < 4.78 is 0. The predicted octanol–water partition coefficient (Wildman–Crippen LogP) is 2.39. The van der Waals surface area contributed by atoms with Crippen molar-refractivity contribution in [3.8, 4) is 0 Å². The maximum absolute atomic E-state index is 13.5. The van der Waals surface area contributed by atoms with Gasteiger partial charge in [0, 0.05) is 18.9 Å². The molecule has 5 aliphatic rings. The van der Waals surface area contributed by atoms with Crippen molar-refractivity contribution >= 4 is 23.4 Å². The molecule has 2 heterocycles. The molecule has 2 aliphatic heterocycles. The predicted molar refractivity (Wildman–Crippen MR) is 136 cm³/mol. The number of hydrogen-bond donors (Lipinski definition) is 4. The summed E-state index contributed by atoms with van der Waals surface area (Å²) in [5, 5.41) is 26.3. The average molecular weight is 511 g/mol. The van der Waals surface area contributed by atoms with Crippen LogP contribution in [-0.4, -0.2) is 52.3 Å². The molecule has 0 radical (unpaired) electrons. The van der Waals surface area contributed by atoms with Gasteiger partial charge in [-0.05, 0) is 79.3 Å². The van der Waals surface area contributed by atoms with Crippen LogP contribution in [0.3, 0.4) is 0 Å². The van der Waals surface area contributed by atoms with Crippen LogP contribution in [0.25, 0.3) is 0 Å². The third kappa shape index (κ3) is 4.58. The minimum Gasteiger partial charge on any atom is -0.507 e. The van der Waals surface area contributed by atoms with Crippen molar-refractivity contribution < 1.29 is 29.4 Å². The summed E-state index contributed by atoms with van der Waals surface area (Å²) >= 11 is 0. The van der Waals surface area contributed by atoms with E-state index in [0.717, 1.165) is 12.8 Å². The first-order valence-electron chi connectivity index (χ1n) is 13.8. The molecule has 37 heavy (non-hydrogen) atoms. The smallest absolute Gasteiger partial charge is 0.259 e. The Morgan fingerprint density at radius 2 is 1.86 bits per heavy atom. The SMILES string of the molecule is CC[C@H]1C[C@@H]2C[C@@H]3[C@@H]4CC=CC(=O)NCCC(O)C5NC(=O)C(=C(O)C=C[C@H]4CC(=O)[C@@H]3[C@@H]2[C@H]1C)C5=O. The van der Waals surface area contributed by atoms with Gasteiger partial charge in [-0.15, -0.1) is 0 Å². The van der Waals surface area contributed by atoms with Crippen LogP contribution in [0.2, 0.25) is 0 Å². The van der Waals surface area contributed by atoms with Crippen molar-refractivity contribution in [3.05, 3.63) is 35.6 Å².